The predicted octanol–water partition coefficient (Wildman–Crippen LogP) is 3.29. The number of nitrogens with zero attached hydrogens (tertiary/aromatic N) is 1. The maximum Gasteiger partial charge on any atom is 0.253 e. The van der Waals surface area contributed by atoms with Crippen molar-refractivity contribution in [1.29, 1.82) is 0 Å². The molecule has 146 valence electrons. The van der Waals surface area contributed by atoms with E-state index >= 15 is 0 Å². The fourth-order valence-corrected chi connectivity index (χ4v) is 3.79. The van der Waals surface area contributed by atoms with Crippen molar-refractivity contribution >= 4 is 40.9 Å². The second kappa shape index (κ2) is 8.93. The summed E-state index contributed by atoms with van der Waals surface area (Å²) in [5, 5.41) is 5.68. The maximum atomic E-state index is 12.6. The van der Waals surface area contributed by atoms with Crippen LogP contribution in [0.25, 0.3) is 0 Å². The van der Waals surface area contributed by atoms with Crippen LogP contribution in [0.15, 0.2) is 53.4 Å². The molecule has 28 heavy (non-hydrogen) atoms. The van der Waals surface area contributed by atoms with Gasteiger partial charge in [-0.15, -0.1) is 11.8 Å². The van der Waals surface area contributed by atoms with Crippen LogP contribution in [0, 0.1) is 0 Å². The van der Waals surface area contributed by atoms with Gasteiger partial charge in [-0.2, -0.15) is 0 Å². The third kappa shape index (κ3) is 4.54. The molecule has 0 spiro atoms. The molecule has 0 fully saturated rings. The summed E-state index contributed by atoms with van der Waals surface area (Å²) in [5.41, 5.74) is 1.57. The number of amides is 3. The highest BCUT2D eigenvalue weighted by molar-refractivity contribution is 8.00. The molecule has 1 atom stereocenters. The molecule has 1 aliphatic rings. The molecule has 0 bridgehead atoms. The van der Waals surface area contributed by atoms with Crippen LogP contribution >= 0.6 is 11.8 Å². The Morgan fingerprint density at radius 2 is 1.86 bits per heavy atom. The Bertz CT molecular complexity index is 900. The number of carbonyl (C=O) groups excluding carboxylic acids is 3. The van der Waals surface area contributed by atoms with Gasteiger partial charge in [-0.05, 0) is 37.6 Å². The monoisotopic (exact) mass is 397 g/mol. The molecule has 7 heteroatoms. The Labute approximate surface area is 168 Å². The van der Waals surface area contributed by atoms with Crippen molar-refractivity contribution in [3.05, 3.63) is 54.1 Å². The minimum absolute atomic E-state index is 0.0382. The summed E-state index contributed by atoms with van der Waals surface area (Å²) < 4.78 is 0. The number of para-hydroxylation sites is 2. The van der Waals surface area contributed by atoms with Gasteiger partial charge >= 0.3 is 0 Å². The van der Waals surface area contributed by atoms with Crippen LogP contribution in [-0.4, -0.2) is 36.1 Å². The Kier molecular flexibility index (Phi) is 6.36. The summed E-state index contributed by atoms with van der Waals surface area (Å²) in [4.78, 5) is 39.9. The molecule has 2 aromatic rings. The zero-order chi connectivity index (χ0) is 20.1. The summed E-state index contributed by atoms with van der Waals surface area (Å²) in [6.45, 7) is 3.82. The molecule has 3 amide bonds. The highest BCUT2D eigenvalue weighted by atomic mass is 32.2. The van der Waals surface area contributed by atoms with Gasteiger partial charge in [-0.3, -0.25) is 14.4 Å². The SMILES string of the molecule is CCC(C)NC(=O)c1ccccc1NC(=O)CN1C(=O)CSc2ccccc21. The molecule has 6 nitrogen and oxygen atoms in total. The predicted molar refractivity (Wildman–Crippen MR) is 112 cm³/mol. The fourth-order valence-electron chi connectivity index (χ4n) is 2.85. The number of hydrogen-bond donors (Lipinski definition) is 2. The average Bonchev–Trinajstić information content (AvgIpc) is 2.70. The first-order valence-corrected chi connectivity index (χ1v) is 10.2. The summed E-state index contributed by atoms with van der Waals surface area (Å²) in [5.74, 6) is -0.389. The van der Waals surface area contributed by atoms with Gasteiger partial charge in [0.05, 0.1) is 22.7 Å². The number of rotatable bonds is 6. The molecule has 0 saturated carbocycles. The number of fused-ring (bicyclic) bond motifs is 1. The minimum atomic E-state index is -0.348. The average molecular weight is 398 g/mol. The van der Waals surface area contributed by atoms with E-state index in [1.165, 1.54) is 16.7 Å². The van der Waals surface area contributed by atoms with Crippen LogP contribution in [0.3, 0.4) is 0 Å². The van der Waals surface area contributed by atoms with Crippen molar-refractivity contribution < 1.29 is 14.4 Å². The highest BCUT2D eigenvalue weighted by Crippen LogP contribution is 2.34. The Morgan fingerprint density at radius 1 is 1.14 bits per heavy atom. The van der Waals surface area contributed by atoms with Crippen LogP contribution < -0.4 is 15.5 Å². The smallest absolute Gasteiger partial charge is 0.253 e. The normalized spacial score (nSPS) is 14.2. The molecule has 1 unspecified atom stereocenters. The van der Waals surface area contributed by atoms with Crippen LogP contribution in [0.1, 0.15) is 30.6 Å². The third-order valence-corrected chi connectivity index (χ3v) is 5.59. The van der Waals surface area contributed by atoms with Crippen molar-refractivity contribution in [1.82, 2.24) is 5.32 Å². The van der Waals surface area contributed by atoms with E-state index in [1.807, 2.05) is 38.1 Å². The van der Waals surface area contributed by atoms with Gasteiger partial charge in [-0.1, -0.05) is 31.2 Å². The number of thioether (sulfide) groups is 1. The first-order valence-electron chi connectivity index (χ1n) is 9.21. The van der Waals surface area contributed by atoms with E-state index in [4.69, 9.17) is 0 Å². The highest BCUT2D eigenvalue weighted by Gasteiger charge is 2.26. The topological polar surface area (TPSA) is 78.5 Å². The molecule has 0 saturated heterocycles. The summed E-state index contributed by atoms with van der Waals surface area (Å²) in [6, 6.07) is 14.4. The van der Waals surface area contributed by atoms with Crippen LogP contribution in [0.4, 0.5) is 11.4 Å². The number of nitrogens with one attached hydrogen (secondary N) is 2. The van der Waals surface area contributed by atoms with Crippen molar-refractivity contribution in [3.8, 4) is 0 Å². The van der Waals surface area contributed by atoms with E-state index in [0.29, 0.717) is 17.0 Å². The zero-order valence-electron chi connectivity index (χ0n) is 15.9. The molecular weight excluding hydrogens is 374 g/mol. The first kappa shape index (κ1) is 19.9. The lowest BCUT2D eigenvalue weighted by Crippen LogP contribution is -2.41. The molecule has 0 radical (unpaired) electrons. The van der Waals surface area contributed by atoms with Crippen molar-refractivity contribution in [2.24, 2.45) is 0 Å². The van der Waals surface area contributed by atoms with E-state index in [9.17, 15) is 14.4 Å². The van der Waals surface area contributed by atoms with Gasteiger partial charge in [0, 0.05) is 10.9 Å². The largest absolute Gasteiger partial charge is 0.350 e. The molecule has 1 aliphatic heterocycles. The van der Waals surface area contributed by atoms with Gasteiger partial charge in [-0.25, -0.2) is 0 Å². The van der Waals surface area contributed by atoms with E-state index in [-0.39, 0.29) is 30.3 Å². The van der Waals surface area contributed by atoms with Crippen molar-refractivity contribution in [2.75, 3.05) is 22.5 Å². The van der Waals surface area contributed by atoms with Crippen LogP contribution in [0.2, 0.25) is 0 Å². The Hall–Kier alpha value is -2.80. The van der Waals surface area contributed by atoms with Crippen molar-refractivity contribution in [2.45, 2.75) is 31.2 Å². The standard InChI is InChI=1S/C21H23N3O3S/c1-3-14(2)22-21(27)15-8-4-5-9-16(15)23-19(25)12-24-17-10-6-7-11-18(17)28-13-20(24)26/h4-11,14H,3,12-13H2,1-2H3,(H,22,27)(H,23,25). The summed E-state index contributed by atoms with van der Waals surface area (Å²) >= 11 is 1.47. The lowest BCUT2D eigenvalue weighted by Gasteiger charge is -2.28. The quantitative estimate of drug-likeness (QED) is 0.784. The van der Waals surface area contributed by atoms with E-state index < -0.39 is 0 Å². The second-order valence-corrected chi connectivity index (χ2v) is 7.63. The van der Waals surface area contributed by atoms with Crippen LogP contribution in [0.5, 0.6) is 0 Å². The van der Waals surface area contributed by atoms with Gasteiger partial charge in [0.25, 0.3) is 5.91 Å². The fraction of sp³-hybridized carbons (Fsp3) is 0.286. The molecule has 0 aliphatic carbocycles. The van der Waals surface area contributed by atoms with Gasteiger partial charge in [0.15, 0.2) is 0 Å². The second-order valence-electron chi connectivity index (χ2n) is 6.61. The molecule has 0 aromatic heterocycles. The number of hydrogen-bond acceptors (Lipinski definition) is 4. The number of benzene rings is 2. The molecule has 2 aromatic carbocycles. The molecule has 3 rings (SSSR count). The lowest BCUT2D eigenvalue weighted by molar-refractivity contribution is -0.120. The number of carbonyl (C=O) groups is 3. The third-order valence-electron chi connectivity index (χ3n) is 4.55. The minimum Gasteiger partial charge on any atom is -0.350 e. The van der Waals surface area contributed by atoms with E-state index in [2.05, 4.69) is 10.6 Å². The zero-order valence-corrected chi connectivity index (χ0v) is 16.7. The van der Waals surface area contributed by atoms with E-state index in [0.717, 1.165) is 17.0 Å². The van der Waals surface area contributed by atoms with Gasteiger partial charge < -0.3 is 15.5 Å². The van der Waals surface area contributed by atoms with Crippen molar-refractivity contribution in [3.63, 3.8) is 0 Å². The maximum absolute atomic E-state index is 12.6. The Morgan fingerprint density at radius 3 is 2.64 bits per heavy atom. The summed E-state index contributed by atoms with van der Waals surface area (Å²) in [6.07, 6.45) is 0.814. The number of anilines is 2. The lowest BCUT2D eigenvalue weighted by atomic mass is 10.1. The van der Waals surface area contributed by atoms with E-state index in [1.54, 1.807) is 24.3 Å². The molecular formula is C21H23N3O3S. The van der Waals surface area contributed by atoms with Gasteiger partial charge in [0.2, 0.25) is 11.8 Å². The van der Waals surface area contributed by atoms with Crippen LogP contribution in [-0.2, 0) is 9.59 Å². The van der Waals surface area contributed by atoms with Gasteiger partial charge in [0.1, 0.15) is 6.54 Å². The molecule has 2 N–H and O–H groups in total. The first-order chi connectivity index (χ1) is 13.5. The molecule has 1 heterocycles. The summed E-state index contributed by atoms with van der Waals surface area (Å²) in [7, 11) is 0. The Balaban J connectivity index is 1.74.